The Kier molecular flexibility index (Phi) is 6.01. The van der Waals surface area contributed by atoms with E-state index < -0.39 is 5.97 Å². The molecule has 0 fully saturated rings. The Labute approximate surface area is 97.9 Å². The van der Waals surface area contributed by atoms with Gasteiger partial charge < -0.3 is 10.2 Å². The molecule has 15 heavy (non-hydrogen) atoms. The summed E-state index contributed by atoms with van der Waals surface area (Å²) in [4.78, 5) is 9.00. The first-order valence-corrected chi connectivity index (χ1v) is 5.55. The molecule has 2 N–H and O–H groups in total. The lowest BCUT2D eigenvalue weighted by atomic mass is 10.1. The van der Waals surface area contributed by atoms with Crippen molar-refractivity contribution >= 4 is 21.9 Å². The van der Waals surface area contributed by atoms with Crippen LogP contribution in [-0.2, 0) is 10.1 Å². The van der Waals surface area contributed by atoms with Crippen LogP contribution >= 0.6 is 15.9 Å². The Morgan fingerprint density at radius 3 is 1.93 bits per heavy atom. The molecule has 0 aromatic heterocycles. The predicted molar refractivity (Wildman–Crippen MR) is 63.5 cm³/mol. The number of halogens is 1. The Bertz CT molecular complexity index is 321. The summed E-state index contributed by atoms with van der Waals surface area (Å²) in [5.74, 6) is -0.422. The van der Waals surface area contributed by atoms with Crippen LogP contribution in [0.3, 0.4) is 0 Å². The third-order valence-electron chi connectivity index (χ3n) is 1.71. The third-order valence-corrected chi connectivity index (χ3v) is 2.35. The fourth-order valence-electron chi connectivity index (χ4n) is 1.12. The van der Waals surface area contributed by atoms with Gasteiger partial charge in [0, 0.05) is 12.3 Å². The fourth-order valence-corrected chi connectivity index (χ4v) is 1.45. The first-order chi connectivity index (χ1) is 6.88. The van der Waals surface area contributed by atoms with Gasteiger partial charge in [-0.25, -0.2) is 0 Å². The van der Waals surface area contributed by atoms with Gasteiger partial charge in [-0.05, 0) is 30.5 Å². The van der Waals surface area contributed by atoms with Crippen molar-refractivity contribution in [3.63, 3.8) is 0 Å². The molecule has 4 heteroatoms. The summed E-state index contributed by atoms with van der Waals surface area (Å²) in [5.41, 5.74) is 3.09. The van der Waals surface area contributed by atoms with E-state index in [9.17, 15) is 5.11 Å². The van der Waals surface area contributed by atoms with Gasteiger partial charge >= 0.3 is 0 Å². The summed E-state index contributed by atoms with van der Waals surface area (Å²) < 4.78 is 0. The van der Waals surface area contributed by atoms with Crippen LogP contribution in [0.15, 0.2) is 12.1 Å². The molecule has 84 valence electrons. The maximum Gasteiger partial charge on any atom is 0.300 e. The van der Waals surface area contributed by atoms with E-state index in [1.54, 1.807) is 0 Å². The molecule has 0 saturated carbocycles. The standard InChI is InChI=1S/C9H11BrO.C2H4O2/c1-6-3-8(5-10)4-7(2)9(6)11;1-2(3)4/h3-4,11H,5H2,1-2H3;1H3,(H,3,4). The number of rotatable bonds is 1. The molecule has 3 nitrogen and oxygen atoms in total. The van der Waals surface area contributed by atoms with Gasteiger partial charge in [-0.3, -0.25) is 4.79 Å². The van der Waals surface area contributed by atoms with Gasteiger partial charge in [-0.1, -0.05) is 28.1 Å². The highest BCUT2D eigenvalue weighted by atomic mass is 79.9. The molecule has 1 aromatic carbocycles. The minimum Gasteiger partial charge on any atom is -0.507 e. The quantitative estimate of drug-likeness (QED) is 0.774. The molecule has 0 unspecified atom stereocenters. The largest absolute Gasteiger partial charge is 0.507 e. The van der Waals surface area contributed by atoms with Gasteiger partial charge in [-0.15, -0.1) is 0 Å². The number of carboxylic acid groups (broad SMARTS) is 1. The van der Waals surface area contributed by atoms with Crippen LogP contribution in [0, 0.1) is 13.8 Å². The second kappa shape index (κ2) is 6.45. The van der Waals surface area contributed by atoms with Crippen molar-refractivity contribution in [3.05, 3.63) is 28.8 Å². The SMILES string of the molecule is CC(=O)O.Cc1cc(CBr)cc(C)c1O. The number of hydrogen-bond acceptors (Lipinski definition) is 2. The molecular weight excluding hydrogens is 260 g/mol. The van der Waals surface area contributed by atoms with Gasteiger partial charge in [0.15, 0.2) is 0 Å². The second-order valence-corrected chi connectivity index (χ2v) is 3.79. The molecule has 0 bridgehead atoms. The maximum absolute atomic E-state index is 9.41. The molecule has 0 atom stereocenters. The Morgan fingerprint density at radius 1 is 1.33 bits per heavy atom. The highest BCUT2D eigenvalue weighted by Gasteiger charge is 2.01. The number of phenols is 1. The number of aryl methyl sites for hydroxylation is 2. The molecule has 0 radical (unpaired) electrons. The van der Waals surface area contributed by atoms with E-state index in [-0.39, 0.29) is 0 Å². The fraction of sp³-hybridized carbons (Fsp3) is 0.364. The van der Waals surface area contributed by atoms with Crippen LogP contribution < -0.4 is 0 Å². The van der Waals surface area contributed by atoms with Crippen molar-refractivity contribution in [2.45, 2.75) is 26.1 Å². The zero-order valence-corrected chi connectivity index (χ0v) is 10.6. The van der Waals surface area contributed by atoms with Crippen LogP contribution in [-0.4, -0.2) is 16.2 Å². The van der Waals surface area contributed by atoms with Gasteiger partial charge in [0.1, 0.15) is 5.75 Å². The number of benzene rings is 1. The number of alkyl halides is 1. The number of carboxylic acids is 1. The van der Waals surface area contributed by atoms with Gasteiger partial charge in [0.2, 0.25) is 0 Å². The van der Waals surface area contributed by atoms with Gasteiger partial charge in [0.05, 0.1) is 0 Å². The van der Waals surface area contributed by atoms with Gasteiger partial charge in [-0.2, -0.15) is 0 Å². The number of aliphatic carboxylic acids is 1. The van der Waals surface area contributed by atoms with Crippen LogP contribution in [0.2, 0.25) is 0 Å². The lowest BCUT2D eigenvalue weighted by Crippen LogP contribution is -1.84. The molecule has 0 aliphatic carbocycles. The number of aromatic hydroxyl groups is 1. The van der Waals surface area contributed by atoms with Crippen LogP contribution in [0.5, 0.6) is 5.75 Å². The smallest absolute Gasteiger partial charge is 0.300 e. The molecule has 1 aromatic rings. The summed E-state index contributed by atoms with van der Waals surface area (Å²) in [6, 6.07) is 3.97. The normalized spacial score (nSPS) is 9.07. The highest BCUT2D eigenvalue weighted by Crippen LogP contribution is 2.23. The average Bonchev–Trinajstić information content (AvgIpc) is 2.12. The van der Waals surface area contributed by atoms with Crippen LogP contribution in [0.25, 0.3) is 0 Å². The van der Waals surface area contributed by atoms with Crippen LogP contribution in [0.4, 0.5) is 0 Å². The second-order valence-electron chi connectivity index (χ2n) is 3.23. The number of hydrogen-bond donors (Lipinski definition) is 2. The summed E-state index contributed by atoms with van der Waals surface area (Å²) in [6.45, 7) is 4.91. The topological polar surface area (TPSA) is 57.5 Å². The van der Waals surface area contributed by atoms with E-state index in [0.29, 0.717) is 5.75 Å². The lowest BCUT2D eigenvalue weighted by molar-refractivity contribution is -0.134. The summed E-state index contributed by atoms with van der Waals surface area (Å²) in [6.07, 6.45) is 0. The van der Waals surface area contributed by atoms with Crippen molar-refractivity contribution in [1.29, 1.82) is 0 Å². The zero-order valence-electron chi connectivity index (χ0n) is 9.04. The van der Waals surface area contributed by atoms with E-state index in [0.717, 1.165) is 23.4 Å². The molecule has 0 spiro atoms. The highest BCUT2D eigenvalue weighted by molar-refractivity contribution is 9.08. The minimum atomic E-state index is -0.833. The summed E-state index contributed by atoms with van der Waals surface area (Å²) in [5, 5.41) is 17.7. The Hall–Kier alpha value is -1.03. The molecule has 0 heterocycles. The van der Waals surface area contributed by atoms with Gasteiger partial charge in [0.25, 0.3) is 5.97 Å². The Morgan fingerprint density at radius 2 is 1.67 bits per heavy atom. The third kappa shape index (κ3) is 5.42. The van der Waals surface area contributed by atoms with Crippen molar-refractivity contribution in [2.75, 3.05) is 0 Å². The molecule has 0 saturated heterocycles. The van der Waals surface area contributed by atoms with E-state index in [4.69, 9.17) is 9.90 Å². The van der Waals surface area contributed by atoms with Crippen molar-refractivity contribution in [1.82, 2.24) is 0 Å². The van der Waals surface area contributed by atoms with Crippen LogP contribution in [0.1, 0.15) is 23.6 Å². The van der Waals surface area contributed by atoms with E-state index in [1.807, 2.05) is 26.0 Å². The predicted octanol–water partition coefficient (Wildman–Crippen LogP) is 2.99. The van der Waals surface area contributed by atoms with Crippen molar-refractivity contribution in [3.8, 4) is 5.75 Å². The van der Waals surface area contributed by atoms with E-state index in [2.05, 4.69) is 15.9 Å². The van der Waals surface area contributed by atoms with Crippen molar-refractivity contribution in [2.24, 2.45) is 0 Å². The molecular formula is C11H15BrO3. The maximum atomic E-state index is 9.41. The molecule has 0 amide bonds. The minimum absolute atomic E-state index is 0.412. The molecule has 0 aliphatic heterocycles. The van der Waals surface area contributed by atoms with E-state index in [1.165, 1.54) is 5.56 Å². The lowest BCUT2D eigenvalue weighted by Gasteiger charge is -2.04. The average molecular weight is 275 g/mol. The monoisotopic (exact) mass is 274 g/mol. The first-order valence-electron chi connectivity index (χ1n) is 4.43. The number of carbonyl (C=O) groups is 1. The first kappa shape index (κ1) is 14.0. The zero-order chi connectivity index (χ0) is 12.0. The van der Waals surface area contributed by atoms with E-state index >= 15 is 0 Å². The van der Waals surface area contributed by atoms with Crippen molar-refractivity contribution < 1.29 is 15.0 Å². The summed E-state index contributed by atoms with van der Waals surface area (Å²) in [7, 11) is 0. The molecule has 0 aliphatic rings. The Balaban J connectivity index is 0.000000423. The molecule has 1 rings (SSSR count). The summed E-state index contributed by atoms with van der Waals surface area (Å²) >= 11 is 3.37. The number of phenolic OH excluding ortho intramolecular Hbond substituents is 1.